The molecule has 0 spiro atoms. The summed E-state index contributed by atoms with van der Waals surface area (Å²) in [4.78, 5) is 8.60. The molecule has 2 heterocycles. The van der Waals surface area contributed by atoms with E-state index < -0.39 is 0 Å². The molecule has 4 nitrogen and oxygen atoms in total. The minimum Gasteiger partial charge on any atom is -0.488 e. The van der Waals surface area contributed by atoms with Crippen molar-refractivity contribution in [3.63, 3.8) is 0 Å². The van der Waals surface area contributed by atoms with E-state index in [0.29, 0.717) is 29.5 Å². The fraction of sp³-hybridized carbons (Fsp3) is 0.0526. The van der Waals surface area contributed by atoms with Gasteiger partial charge in [-0.25, -0.2) is 14.4 Å². The maximum Gasteiger partial charge on any atom is 0.247 e. The molecule has 5 heteroatoms. The summed E-state index contributed by atoms with van der Waals surface area (Å²) < 4.78 is 24.6. The van der Waals surface area contributed by atoms with Crippen molar-refractivity contribution in [3.8, 4) is 17.2 Å². The molecule has 118 valence electrons. The monoisotopic (exact) mass is 320 g/mol. The highest BCUT2D eigenvalue weighted by Crippen LogP contribution is 2.31. The average Bonchev–Trinajstić information content (AvgIpc) is 3.05. The second-order valence-electron chi connectivity index (χ2n) is 5.26. The second-order valence-corrected chi connectivity index (χ2v) is 5.26. The Kier molecular flexibility index (Phi) is 3.67. The summed E-state index contributed by atoms with van der Waals surface area (Å²) in [6.07, 6.45) is 1.66. The number of benzene rings is 2. The first kappa shape index (κ1) is 14.4. The van der Waals surface area contributed by atoms with Crippen LogP contribution >= 0.6 is 0 Å². The van der Waals surface area contributed by atoms with Crippen LogP contribution in [0, 0.1) is 5.82 Å². The molecule has 0 aliphatic heterocycles. The van der Waals surface area contributed by atoms with Crippen molar-refractivity contribution < 1.29 is 13.5 Å². The largest absolute Gasteiger partial charge is 0.488 e. The number of rotatable bonds is 4. The third-order valence-corrected chi connectivity index (χ3v) is 3.59. The summed E-state index contributed by atoms with van der Waals surface area (Å²) in [5.41, 5.74) is 2.81. The van der Waals surface area contributed by atoms with Crippen molar-refractivity contribution in [2.24, 2.45) is 0 Å². The lowest BCUT2D eigenvalue weighted by atomic mass is 10.2. The number of ether oxygens (including phenoxy) is 1. The first-order valence-electron chi connectivity index (χ1n) is 7.48. The zero-order chi connectivity index (χ0) is 16.4. The number of oxazole rings is 1. The molecule has 0 radical (unpaired) electrons. The van der Waals surface area contributed by atoms with E-state index in [1.165, 1.54) is 12.1 Å². The lowest BCUT2D eigenvalue weighted by molar-refractivity contribution is 0.306. The van der Waals surface area contributed by atoms with E-state index in [0.717, 1.165) is 11.1 Å². The zero-order valence-corrected chi connectivity index (χ0v) is 12.6. The van der Waals surface area contributed by atoms with E-state index >= 15 is 0 Å². The zero-order valence-electron chi connectivity index (χ0n) is 12.6. The highest BCUT2D eigenvalue weighted by atomic mass is 19.1. The third kappa shape index (κ3) is 2.84. The molecule has 0 atom stereocenters. The van der Waals surface area contributed by atoms with Crippen molar-refractivity contribution in [3.05, 3.63) is 78.2 Å². The van der Waals surface area contributed by atoms with E-state index in [1.807, 2.05) is 36.4 Å². The standard InChI is InChI=1S/C19H13FN2O2/c20-14-9-7-13(8-10-14)12-23-17-6-2-1-4-15(17)18-22-16-5-3-11-21-19(16)24-18/h1-11H,12H2. The van der Waals surface area contributed by atoms with Gasteiger partial charge in [-0.1, -0.05) is 24.3 Å². The van der Waals surface area contributed by atoms with Gasteiger partial charge in [0.15, 0.2) is 0 Å². The molecule has 2 aromatic heterocycles. The number of hydrogen-bond acceptors (Lipinski definition) is 4. The molecule has 2 aromatic carbocycles. The Morgan fingerprint density at radius 1 is 0.958 bits per heavy atom. The molecule has 0 bridgehead atoms. The summed E-state index contributed by atoms with van der Waals surface area (Å²) in [7, 11) is 0. The number of aromatic nitrogens is 2. The molecule has 4 aromatic rings. The molecule has 4 rings (SSSR count). The van der Waals surface area contributed by atoms with Gasteiger partial charge in [0.05, 0.1) is 5.56 Å². The highest BCUT2D eigenvalue weighted by Gasteiger charge is 2.13. The Morgan fingerprint density at radius 2 is 1.79 bits per heavy atom. The first-order valence-corrected chi connectivity index (χ1v) is 7.48. The van der Waals surface area contributed by atoms with Crippen molar-refractivity contribution in [1.82, 2.24) is 9.97 Å². The molecule has 0 N–H and O–H groups in total. The normalized spacial score (nSPS) is 10.9. The van der Waals surface area contributed by atoms with Crippen LogP contribution in [0.25, 0.3) is 22.7 Å². The van der Waals surface area contributed by atoms with Crippen LogP contribution in [0.1, 0.15) is 5.56 Å². The molecule has 0 saturated carbocycles. The molecular weight excluding hydrogens is 307 g/mol. The molecule has 0 saturated heterocycles. The first-order chi connectivity index (χ1) is 11.8. The van der Waals surface area contributed by atoms with Crippen molar-refractivity contribution in [2.75, 3.05) is 0 Å². The van der Waals surface area contributed by atoms with Gasteiger partial charge in [0.1, 0.15) is 23.7 Å². The number of pyridine rings is 1. The van der Waals surface area contributed by atoms with Crippen LogP contribution in [-0.4, -0.2) is 9.97 Å². The maximum absolute atomic E-state index is 13.0. The van der Waals surface area contributed by atoms with Crippen LogP contribution in [0.4, 0.5) is 4.39 Å². The molecule has 0 aliphatic carbocycles. The van der Waals surface area contributed by atoms with E-state index in [4.69, 9.17) is 9.15 Å². The summed E-state index contributed by atoms with van der Waals surface area (Å²) in [6.45, 7) is 0.329. The summed E-state index contributed by atoms with van der Waals surface area (Å²) >= 11 is 0. The van der Waals surface area contributed by atoms with Crippen LogP contribution < -0.4 is 4.74 Å². The molecule has 0 aliphatic rings. The Bertz CT molecular complexity index is 947. The number of halogens is 1. The summed E-state index contributed by atoms with van der Waals surface area (Å²) in [6, 6.07) is 17.4. The van der Waals surface area contributed by atoms with Gasteiger partial charge in [0.25, 0.3) is 0 Å². The van der Waals surface area contributed by atoms with Crippen molar-refractivity contribution in [2.45, 2.75) is 6.61 Å². The SMILES string of the molecule is Fc1ccc(COc2ccccc2-c2nc3cccnc3o2)cc1. The maximum atomic E-state index is 13.0. The molecular formula is C19H13FN2O2. The van der Waals surface area contributed by atoms with E-state index in [1.54, 1.807) is 18.3 Å². The molecule has 0 fully saturated rings. The molecule has 0 amide bonds. The number of hydrogen-bond donors (Lipinski definition) is 0. The predicted octanol–water partition coefficient (Wildman–Crippen LogP) is 4.61. The molecule has 0 unspecified atom stereocenters. The predicted molar refractivity (Wildman–Crippen MR) is 88.0 cm³/mol. The fourth-order valence-corrected chi connectivity index (χ4v) is 2.40. The van der Waals surface area contributed by atoms with Gasteiger partial charge in [-0.05, 0) is 42.0 Å². The van der Waals surface area contributed by atoms with Crippen molar-refractivity contribution >= 4 is 11.2 Å². The fourth-order valence-electron chi connectivity index (χ4n) is 2.40. The van der Waals surface area contributed by atoms with Crippen LogP contribution in [-0.2, 0) is 6.61 Å². The van der Waals surface area contributed by atoms with Crippen LogP contribution in [0.3, 0.4) is 0 Å². The third-order valence-electron chi connectivity index (χ3n) is 3.59. The second kappa shape index (κ2) is 6.12. The highest BCUT2D eigenvalue weighted by molar-refractivity contribution is 5.74. The van der Waals surface area contributed by atoms with Gasteiger partial charge < -0.3 is 9.15 Å². The Labute approximate surface area is 137 Å². The lowest BCUT2D eigenvalue weighted by Gasteiger charge is -2.09. The van der Waals surface area contributed by atoms with Gasteiger partial charge in [0, 0.05) is 6.20 Å². The summed E-state index contributed by atoms with van der Waals surface area (Å²) in [5, 5.41) is 0. The van der Waals surface area contributed by atoms with Crippen LogP contribution in [0.5, 0.6) is 5.75 Å². The summed E-state index contributed by atoms with van der Waals surface area (Å²) in [5.74, 6) is 0.838. The Hall–Kier alpha value is -3.21. The van der Waals surface area contributed by atoms with Gasteiger partial charge in [-0.3, -0.25) is 0 Å². The minimum absolute atomic E-state index is 0.266. The van der Waals surface area contributed by atoms with E-state index in [2.05, 4.69) is 9.97 Å². The van der Waals surface area contributed by atoms with Crippen molar-refractivity contribution in [1.29, 1.82) is 0 Å². The molecule has 24 heavy (non-hydrogen) atoms. The Morgan fingerprint density at radius 3 is 2.62 bits per heavy atom. The topological polar surface area (TPSA) is 48.2 Å². The number of fused-ring (bicyclic) bond motifs is 1. The average molecular weight is 320 g/mol. The van der Waals surface area contributed by atoms with Gasteiger partial charge in [-0.15, -0.1) is 0 Å². The van der Waals surface area contributed by atoms with Crippen LogP contribution in [0.2, 0.25) is 0 Å². The van der Waals surface area contributed by atoms with Gasteiger partial charge >= 0.3 is 0 Å². The number of para-hydroxylation sites is 1. The van der Waals surface area contributed by atoms with Crippen LogP contribution in [0.15, 0.2) is 71.3 Å². The smallest absolute Gasteiger partial charge is 0.247 e. The van der Waals surface area contributed by atoms with Gasteiger partial charge in [-0.2, -0.15) is 0 Å². The van der Waals surface area contributed by atoms with Gasteiger partial charge in [0.2, 0.25) is 11.6 Å². The Balaban J connectivity index is 1.63. The lowest BCUT2D eigenvalue weighted by Crippen LogP contribution is -1.97. The van der Waals surface area contributed by atoms with E-state index in [-0.39, 0.29) is 5.82 Å². The minimum atomic E-state index is -0.266. The van der Waals surface area contributed by atoms with E-state index in [9.17, 15) is 4.39 Å². The number of nitrogens with zero attached hydrogens (tertiary/aromatic N) is 2. The quantitative estimate of drug-likeness (QED) is 0.551.